The summed E-state index contributed by atoms with van der Waals surface area (Å²) in [5.74, 6) is -3.62. The molecule has 1 heterocycles. The zero-order valence-corrected chi connectivity index (χ0v) is 22.9. The van der Waals surface area contributed by atoms with Crippen LogP contribution in [0.5, 0.6) is 0 Å². The number of aromatic nitrogens is 1. The van der Waals surface area contributed by atoms with Crippen molar-refractivity contribution >= 4 is 53.2 Å². The van der Waals surface area contributed by atoms with E-state index < -0.39 is 53.8 Å². The number of carbonyl (C=O) groups is 4. The first kappa shape index (κ1) is 31.4. The number of hydrogen-bond acceptors (Lipinski definition) is 7. The Hall–Kier alpha value is -3.78. The lowest BCUT2D eigenvalue weighted by molar-refractivity contribution is -0.143. The highest BCUT2D eigenvalue weighted by Crippen LogP contribution is 2.19. The molecule has 39 heavy (non-hydrogen) atoms. The van der Waals surface area contributed by atoms with Crippen molar-refractivity contribution < 1.29 is 24.3 Å². The Morgan fingerprint density at radius 2 is 1.67 bits per heavy atom. The SMILES string of the molecule is CC(C)C(NC(=O)C(Cc1c[nH]c2ccccc12)NC(=O)C(CS)NC(=O)C(N)CCCN=C(N)N)C(=O)O. The van der Waals surface area contributed by atoms with Crippen LogP contribution in [0.1, 0.15) is 32.3 Å². The Labute approximate surface area is 232 Å². The van der Waals surface area contributed by atoms with Gasteiger partial charge in [0.05, 0.1) is 6.04 Å². The van der Waals surface area contributed by atoms with E-state index in [-0.39, 0.29) is 24.6 Å². The summed E-state index contributed by atoms with van der Waals surface area (Å²) < 4.78 is 0. The highest BCUT2D eigenvalue weighted by Gasteiger charge is 2.31. The molecular weight excluding hydrogens is 524 g/mol. The van der Waals surface area contributed by atoms with E-state index in [2.05, 4.69) is 38.6 Å². The van der Waals surface area contributed by atoms with Crippen LogP contribution in [0.15, 0.2) is 35.5 Å². The fraction of sp³-hybridized carbons (Fsp3) is 0.480. The molecule has 0 aliphatic rings. The van der Waals surface area contributed by atoms with Gasteiger partial charge in [-0.1, -0.05) is 32.0 Å². The number of H-pyrrole nitrogens is 1. The monoisotopic (exact) mass is 562 g/mol. The maximum absolute atomic E-state index is 13.2. The van der Waals surface area contributed by atoms with Gasteiger partial charge in [0.25, 0.3) is 0 Å². The largest absolute Gasteiger partial charge is 0.480 e. The minimum Gasteiger partial charge on any atom is -0.480 e. The molecule has 2 rings (SSSR count). The molecular formula is C25H38N8O5S. The molecule has 4 atom stereocenters. The van der Waals surface area contributed by atoms with E-state index >= 15 is 0 Å². The van der Waals surface area contributed by atoms with Crippen LogP contribution >= 0.6 is 12.6 Å². The van der Waals surface area contributed by atoms with Crippen molar-refractivity contribution in [1.29, 1.82) is 0 Å². The normalized spacial score (nSPS) is 14.2. The second-order valence-electron chi connectivity index (χ2n) is 9.49. The number of thiol groups is 1. The number of aliphatic carboxylic acids is 1. The lowest BCUT2D eigenvalue weighted by atomic mass is 10.0. The van der Waals surface area contributed by atoms with Gasteiger partial charge in [0.15, 0.2) is 5.96 Å². The Balaban J connectivity index is 2.17. The average Bonchev–Trinajstić information content (AvgIpc) is 3.29. The number of carboxylic acids is 1. The number of hydrogen-bond donors (Lipinski definition) is 9. The van der Waals surface area contributed by atoms with Crippen LogP contribution in [0.3, 0.4) is 0 Å². The van der Waals surface area contributed by atoms with Gasteiger partial charge in [-0.15, -0.1) is 0 Å². The standard InChI is InChI=1S/C25H38N8O5S/c1-13(2)20(24(37)38)33-22(35)18(10-14-11-30-17-8-4-3-6-15(14)17)31-23(36)19(12-39)32-21(34)16(26)7-5-9-29-25(27)28/h3-4,6,8,11,13,16,18-20,30,39H,5,7,9-10,12,26H2,1-2H3,(H,31,36)(H,32,34)(H,33,35)(H,37,38)(H4,27,28,29). The summed E-state index contributed by atoms with van der Waals surface area (Å²) in [5, 5.41) is 18.1. The lowest BCUT2D eigenvalue weighted by Crippen LogP contribution is -2.58. The molecule has 0 saturated heterocycles. The average molecular weight is 563 g/mol. The summed E-state index contributed by atoms with van der Waals surface area (Å²) in [5.41, 5.74) is 18.1. The molecule has 11 N–H and O–H groups in total. The van der Waals surface area contributed by atoms with Crippen LogP contribution in [-0.4, -0.2) is 76.2 Å². The number of para-hydroxylation sites is 1. The fourth-order valence-electron chi connectivity index (χ4n) is 3.89. The third-order valence-corrected chi connectivity index (χ3v) is 6.45. The van der Waals surface area contributed by atoms with Gasteiger partial charge in [-0.3, -0.25) is 19.4 Å². The maximum atomic E-state index is 13.2. The van der Waals surface area contributed by atoms with Gasteiger partial charge in [-0.25, -0.2) is 4.79 Å². The number of benzene rings is 1. The van der Waals surface area contributed by atoms with E-state index in [0.717, 1.165) is 16.5 Å². The summed E-state index contributed by atoms with van der Waals surface area (Å²) in [7, 11) is 0. The number of nitrogens with zero attached hydrogens (tertiary/aromatic N) is 1. The Morgan fingerprint density at radius 3 is 2.28 bits per heavy atom. The number of carbonyl (C=O) groups excluding carboxylic acids is 3. The van der Waals surface area contributed by atoms with Crippen molar-refractivity contribution in [3.8, 4) is 0 Å². The van der Waals surface area contributed by atoms with E-state index in [4.69, 9.17) is 17.2 Å². The molecule has 214 valence electrons. The molecule has 3 amide bonds. The van der Waals surface area contributed by atoms with Crippen molar-refractivity contribution in [3.63, 3.8) is 0 Å². The van der Waals surface area contributed by atoms with Gasteiger partial charge in [-0.05, 0) is 30.4 Å². The van der Waals surface area contributed by atoms with Gasteiger partial charge in [0.1, 0.15) is 18.1 Å². The summed E-state index contributed by atoms with van der Waals surface area (Å²) >= 11 is 4.18. The van der Waals surface area contributed by atoms with Crippen molar-refractivity contribution in [2.45, 2.75) is 57.3 Å². The summed E-state index contributed by atoms with van der Waals surface area (Å²) in [6.45, 7) is 3.64. The molecule has 0 radical (unpaired) electrons. The van der Waals surface area contributed by atoms with E-state index in [1.54, 1.807) is 20.0 Å². The number of nitrogens with two attached hydrogens (primary N) is 3. The molecule has 0 fully saturated rings. The smallest absolute Gasteiger partial charge is 0.326 e. The highest BCUT2D eigenvalue weighted by molar-refractivity contribution is 7.80. The molecule has 13 nitrogen and oxygen atoms in total. The first-order valence-electron chi connectivity index (χ1n) is 12.5. The second-order valence-corrected chi connectivity index (χ2v) is 9.86. The predicted octanol–water partition coefficient (Wildman–Crippen LogP) is -0.784. The Kier molecular flexibility index (Phi) is 12.1. The number of guanidine groups is 1. The van der Waals surface area contributed by atoms with Crippen molar-refractivity contribution in [2.24, 2.45) is 28.1 Å². The zero-order valence-electron chi connectivity index (χ0n) is 22.0. The minimum atomic E-state index is -1.19. The number of nitrogens with one attached hydrogen (secondary N) is 4. The third-order valence-electron chi connectivity index (χ3n) is 6.08. The molecule has 0 bridgehead atoms. The highest BCUT2D eigenvalue weighted by atomic mass is 32.1. The van der Waals surface area contributed by atoms with Gasteiger partial charge >= 0.3 is 5.97 Å². The molecule has 14 heteroatoms. The number of fused-ring (bicyclic) bond motifs is 1. The van der Waals surface area contributed by atoms with Crippen LogP contribution < -0.4 is 33.2 Å². The molecule has 0 aliphatic heterocycles. The van der Waals surface area contributed by atoms with Crippen LogP contribution in [0.25, 0.3) is 10.9 Å². The second kappa shape index (κ2) is 15.0. The summed E-state index contributed by atoms with van der Waals surface area (Å²) in [4.78, 5) is 57.6. The van der Waals surface area contributed by atoms with Crippen LogP contribution in [0.4, 0.5) is 0 Å². The van der Waals surface area contributed by atoms with Gasteiger partial charge < -0.3 is 43.2 Å². The molecule has 0 saturated carbocycles. The van der Waals surface area contributed by atoms with E-state index in [9.17, 15) is 24.3 Å². The lowest BCUT2D eigenvalue weighted by Gasteiger charge is -2.25. The number of amides is 3. The van der Waals surface area contributed by atoms with Gasteiger partial charge in [-0.2, -0.15) is 12.6 Å². The van der Waals surface area contributed by atoms with Crippen LogP contribution in [-0.2, 0) is 25.6 Å². The van der Waals surface area contributed by atoms with E-state index in [1.807, 2.05) is 24.3 Å². The van der Waals surface area contributed by atoms with Gasteiger partial charge in [0, 0.05) is 35.8 Å². The molecule has 0 spiro atoms. The Bertz CT molecular complexity index is 1180. The number of aliphatic imine (C=N–C) groups is 1. The maximum Gasteiger partial charge on any atom is 0.326 e. The number of aromatic amines is 1. The van der Waals surface area contributed by atoms with Crippen molar-refractivity contribution in [1.82, 2.24) is 20.9 Å². The Morgan fingerprint density at radius 1 is 1.03 bits per heavy atom. The number of carboxylic acid groups (broad SMARTS) is 1. The van der Waals surface area contributed by atoms with Crippen molar-refractivity contribution in [3.05, 3.63) is 36.0 Å². The third kappa shape index (κ3) is 9.48. The van der Waals surface area contributed by atoms with Crippen molar-refractivity contribution in [2.75, 3.05) is 12.3 Å². The predicted molar refractivity (Wildman–Crippen MR) is 152 cm³/mol. The topological polar surface area (TPSA) is 231 Å². The quantitative estimate of drug-likeness (QED) is 0.0577. The van der Waals surface area contributed by atoms with E-state index in [1.165, 1.54) is 0 Å². The van der Waals surface area contributed by atoms with E-state index in [0.29, 0.717) is 13.0 Å². The molecule has 0 aliphatic carbocycles. The molecule has 1 aromatic heterocycles. The molecule has 2 aromatic rings. The van der Waals surface area contributed by atoms with Crippen LogP contribution in [0, 0.1) is 5.92 Å². The zero-order chi connectivity index (χ0) is 29.1. The van der Waals surface area contributed by atoms with Crippen LogP contribution in [0.2, 0.25) is 0 Å². The first-order valence-corrected chi connectivity index (χ1v) is 13.2. The molecule has 4 unspecified atom stereocenters. The molecule has 1 aromatic carbocycles. The first-order chi connectivity index (χ1) is 18.4. The minimum absolute atomic E-state index is 0.0610. The summed E-state index contributed by atoms with van der Waals surface area (Å²) in [6.07, 6.45) is 2.54. The van der Waals surface area contributed by atoms with Gasteiger partial charge in [0.2, 0.25) is 17.7 Å². The number of rotatable bonds is 15. The fourth-order valence-corrected chi connectivity index (χ4v) is 4.15. The summed E-state index contributed by atoms with van der Waals surface area (Å²) in [6, 6.07) is 3.16.